The minimum atomic E-state index is -0.655. The van der Waals surface area contributed by atoms with Crippen molar-refractivity contribution in [3.05, 3.63) is 29.6 Å². The SMILES string of the molecule is CCCNC(=O)COc1c(F)cccc1C=O. The Labute approximate surface area is 98.8 Å². The first kappa shape index (κ1) is 13.2. The first-order chi connectivity index (χ1) is 8.19. The van der Waals surface area contributed by atoms with Crippen molar-refractivity contribution in [2.75, 3.05) is 13.2 Å². The topological polar surface area (TPSA) is 55.4 Å². The Balaban J connectivity index is 2.62. The van der Waals surface area contributed by atoms with Crippen LogP contribution in [0.3, 0.4) is 0 Å². The van der Waals surface area contributed by atoms with Gasteiger partial charge in [0.05, 0.1) is 5.56 Å². The molecule has 1 amide bonds. The molecule has 0 bridgehead atoms. The molecule has 0 heterocycles. The van der Waals surface area contributed by atoms with E-state index in [9.17, 15) is 14.0 Å². The van der Waals surface area contributed by atoms with Gasteiger partial charge in [0.2, 0.25) is 0 Å². The molecule has 1 rings (SSSR count). The number of ether oxygens (including phenoxy) is 1. The maximum atomic E-state index is 13.3. The standard InChI is InChI=1S/C12H14FNO3/c1-2-6-14-11(16)8-17-12-9(7-15)4-3-5-10(12)13/h3-5,7H,2,6,8H2,1H3,(H,14,16). The van der Waals surface area contributed by atoms with Gasteiger partial charge in [-0.15, -0.1) is 0 Å². The van der Waals surface area contributed by atoms with E-state index in [2.05, 4.69) is 5.32 Å². The number of halogens is 1. The molecule has 0 unspecified atom stereocenters. The van der Waals surface area contributed by atoms with E-state index in [0.717, 1.165) is 6.42 Å². The molecule has 0 radical (unpaired) electrons. The smallest absolute Gasteiger partial charge is 0.257 e. The van der Waals surface area contributed by atoms with Gasteiger partial charge in [-0.1, -0.05) is 13.0 Å². The summed E-state index contributed by atoms with van der Waals surface area (Å²) >= 11 is 0. The summed E-state index contributed by atoms with van der Waals surface area (Å²) in [6.45, 7) is 2.16. The van der Waals surface area contributed by atoms with Gasteiger partial charge < -0.3 is 10.1 Å². The summed E-state index contributed by atoms with van der Waals surface area (Å²) in [6.07, 6.45) is 1.30. The number of rotatable bonds is 6. The van der Waals surface area contributed by atoms with Gasteiger partial charge >= 0.3 is 0 Å². The zero-order chi connectivity index (χ0) is 12.7. The van der Waals surface area contributed by atoms with Crippen LogP contribution in [-0.4, -0.2) is 25.3 Å². The van der Waals surface area contributed by atoms with E-state index >= 15 is 0 Å². The quantitative estimate of drug-likeness (QED) is 0.766. The van der Waals surface area contributed by atoms with Crippen LogP contribution in [0.1, 0.15) is 23.7 Å². The molecule has 92 valence electrons. The Hall–Kier alpha value is -1.91. The number of hydrogen-bond donors (Lipinski definition) is 1. The Morgan fingerprint density at radius 3 is 2.94 bits per heavy atom. The van der Waals surface area contributed by atoms with Crippen LogP contribution in [0.25, 0.3) is 0 Å². The van der Waals surface area contributed by atoms with E-state index in [4.69, 9.17) is 4.74 Å². The second kappa shape index (κ2) is 6.62. The molecule has 0 aromatic heterocycles. The lowest BCUT2D eigenvalue weighted by molar-refractivity contribution is -0.123. The van der Waals surface area contributed by atoms with Crippen molar-refractivity contribution in [3.63, 3.8) is 0 Å². The summed E-state index contributed by atoms with van der Waals surface area (Å²) < 4.78 is 18.3. The van der Waals surface area contributed by atoms with Crippen molar-refractivity contribution >= 4 is 12.2 Å². The highest BCUT2D eigenvalue weighted by Gasteiger charge is 2.10. The van der Waals surface area contributed by atoms with E-state index in [-0.39, 0.29) is 23.8 Å². The molecule has 17 heavy (non-hydrogen) atoms. The van der Waals surface area contributed by atoms with Crippen molar-refractivity contribution in [1.82, 2.24) is 5.32 Å². The number of nitrogens with one attached hydrogen (secondary N) is 1. The van der Waals surface area contributed by atoms with Gasteiger partial charge in [0.1, 0.15) is 0 Å². The fourth-order valence-corrected chi connectivity index (χ4v) is 1.22. The Kier molecular flexibility index (Phi) is 5.13. The van der Waals surface area contributed by atoms with Crippen molar-refractivity contribution in [2.45, 2.75) is 13.3 Å². The summed E-state index contributed by atoms with van der Waals surface area (Å²) in [6, 6.07) is 4.00. The van der Waals surface area contributed by atoms with Crippen LogP contribution in [0.2, 0.25) is 0 Å². The summed E-state index contributed by atoms with van der Waals surface area (Å²) in [7, 11) is 0. The van der Waals surface area contributed by atoms with Gasteiger partial charge in [0, 0.05) is 6.54 Å². The van der Waals surface area contributed by atoms with E-state index < -0.39 is 5.82 Å². The molecular formula is C12H14FNO3. The lowest BCUT2D eigenvalue weighted by atomic mass is 10.2. The predicted molar refractivity (Wildman–Crippen MR) is 60.6 cm³/mol. The second-order valence-corrected chi connectivity index (χ2v) is 3.41. The molecule has 0 aliphatic rings. The lowest BCUT2D eigenvalue weighted by Crippen LogP contribution is -2.29. The molecular weight excluding hydrogens is 225 g/mol. The maximum absolute atomic E-state index is 13.3. The zero-order valence-corrected chi connectivity index (χ0v) is 9.53. The van der Waals surface area contributed by atoms with Crippen molar-refractivity contribution < 1.29 is 18.7 Å². The monoisotopic (exact) mass is 239 g/mol. The molecule has 1 N–H and O–H groups in total. The number of hydrogen-bond acceptors (Lipinski definition) is 3. The molecule has 0 aliphatic carbocycles. The lowest BCUT2D eigenvalue weighted by Gasteiger charge is -2.09. The number of carbonyl (C=O) groups is 2. The minimum absolute atomic E-state index is 0.0910. The molecule has 1 aromatic rings. The highest BCUT2D eigenvalue weighted by molar-refractivity contribution is 5.80. The summed E-state index contributed by atoms with van der Waals surface area (Å²) in [4.78, 5) is 21.9. The number of aldehydes is 1. The van der Waals surface area contributed by atoms with Crippen LogP contribution < -0.4 is 10.1 Å². The van der Waals surface area contributed by atoms with Crippen molar-refractivity contribution in [3.8, 4) is 5.75 Å². The van der Waals surface area contributed by atoms with Gasteiger partial charge in [0.25, 0.3) is 5.91 Å². The predicted octanol–water partition coefficient (Wildman–Crippen LogP) is 1.54. The minimum Gasteiger partial charge on any atom is -0.480 e. The van der Waals surface area contributed by atoms with Gasteiger partial charge in [-0.05, 0) is 18.6 Å². The molecule has 0 fully saturated rings. The van der Waals surface area contributed by atoms with Gasteiger partial charge in [-0.3, -0.25) is 9.59 Å². The van der Waals surface area contributed by atoms with E-state index in [1.165, 1.54) is 18.2 Å². The number of benzene rings is 1. The third-order valence-electron chi connectivity index (χ3n) is 2.04. The summed E-state index contributed by atoms with van der Waals surface area (Å²) in [5, 5.41) is 2.58. The molecule has 0 spiro atoms. The van der Waals surface area contributed by atoms with Crippen LogP contribution in [0, 0.1) is 5.82 Å². The average molecular weight is 239 g/mol. The molecule has 0 atom stereocenters. The summed E-state index contributed by atoms with van der Waals surface area (Å²) in [5.41, 5.74) is 0.0910. The Morgan fingerprint density at radius 2 is 2.29 bits per heavy atom. The number of carbonyl (C=O) groups excluding carboxylic acids is 2. The first-order valence-corrected chi connectivity index (χ1v) is 5.32. The highest BCUT2D eigenvalue weighted by atomic mass is 19.1. The fraction of sp³-hybridized carbons (Fsp3) is 0.333. The molecule has 1 aromatic carbocycles. The fourth-order valence-electron chi connectivity index (χ4n) is 1.22. The Bertz CT molecular complexity index is 407. The number of amides is 1. The first-order valence-electron chi connectivity index (χ1n) is 5.32. The third kappa shape index (κ3) is 3.86. The van der Waals surface area contributed by atoms with Crippen LogP contribution in [0.15, 0.2) is 18.2 Å². The van der Waals surface area contributed by atoms with E-state index in [0.29, 0.717) is 12.8 Å². The van der Waals surface area contributed by atoms with Crippen LogP contribution >= 0.6 is 0 Å². The van der Waals surface area contributed by atoms with Gasteiger partial charge in [-0.25, -0.2) is 4.39 Å². The third-order valence-corrected chi connectivity index (χ3v) is 2.04. The highest BCUT2D eigenvalue weighted by Crippen LogP contribution is 2.20. The van der Waals surface area contributed by atoms with Crippen molar-refractivity contribution in [2.24, 2.45) is 0 Å². The van der Waals surface area contributed by atoms with E-state index in [1.807, 2.05) is 6.92 Å². The molecule has 0 aliphatic heterocycles. The van der Waals surface area contributed by atoms with Crippen molar-refractivity contribution in [1.29, 1.82) is 0 Å². The summed E-state index contributed by atoms with van der Waals surface area (Å²) in [5.74, 6) is -1.18. The van der Waals surface area contributed by atoms with Gasteiger partial charge in [0.15, 0.2) is 24.5 Å². The molecule has 5 heteroatoms. The Morgan fingerprint density at radius 1 is 1.53 bits per heavy atom. The van der Waals surface area contributed by atoms with E-state index in [1.54, 1.807) is 0 Å². The number of para-hydroxylation sites is 1. The van der Waals surface area contributed by atoms with Crippen LogP contribution in [-0.2, 0) is 4.79 Å². The maximum Gasteiger partial charge on any atom is 0.257 e. The van der Waals surface area contributed by atoms with Crippen LogP contribution in [0.4, 0.5) is 4.39 Å². The van der Waals surface area contributed by atoms with Crippen LogP contribution in [0.5, 0.6) is 5.75 Å². The van der Waals surface area contributed by atoms with Gasteiger partial charge in [-0.2, -0.15) is 0 Å². The average Bonchev–Trinajstić information content (AvgIpc) is 2.34. The largest absolute Gasteiger partial charge is 0.480 e. The second-order valence-electron chi connectivity index (χ2n) is 3.41. The normalized spacial score (nSPS) is 9.76. The molecule has 0 saturated heterocycles. The molecule has 4 nitrogen and oxygen atoms in total. The molecule has 0 saturated carbocycles. The zero-order valence-electron chi connectivity index (χ0n) is 9.53.